The summed E-state index contributed by atoms with van der Waals surface area (Å²) in [6.07, 6.45) is 3.16. The Morgan fingerprint density at radius 2 is 1.90 bits per heavy atom. The maximum absolute atomic E-state index is 10.3. The summed E-state index contributed by atoms with van der Waals surface area (Å²) in [5, 5.41) is 10.3. The summed E-state index contributed by atoms with van der Waals surface area (Å²) >= 11 is 1.69. The van der Waals surface area contributed by atoms with Crippen molar-refractivity contribution in [3.8, 4) is 0 Å². The van der Waals surface area contributed by atoms with Gasteiger partial charge in [0.05, 0.1) is 6.10 Å². The van der Waals surface area contributed by atoms with Crippen molar-refractivity contribution in [3.63, 3.8) is 0 Å². The van der Waals surface area contributed by atoms with E-state index < -0.39 is 6.10 Å². The van der Waals surface area contributed by atoms with Crippen molar-refractivity contribution in [2.75, 3.05) is 11.5 Å². The van der Waals surface area contributed by atoms with Crippen molar-refractivity contribution in [3.05, 3.63) is 59.2 Å². The number of para-hydroxylation sites is 1. The quantitative estimate of drug-likeness (QED) is 0.666. The lowest BCUT2D eigenvalue weighted by Gasteiger charge is -2.13. The number of nitrogen functional groups attached to an aromatic ring is 1. The van der Waals surface area contributed by atoms with Gasteiger partial charge in [-0.15, -0.1) is 11.8 Å². The van der Waals surface area contributed by atoms with Crippen LogP contribution in [0.3, 0.4) is 0 Å². The second-order valence-corrected chi connectivity index (χ2v) is 6.33. The number of aliphatic hydroxyl groups is 1. The fraction of sp³-hybridized carbons (Fsp3) is 0.294. The second-order valence-electron chi connectivity index (χ2n) is 5.24. The van der Waals surface area contributed by atoms with Gasteiger partial charge in [0.25, 0.3) is 0 Å². The standard InChI is InChI=1S/C17H19NOS/c18-16-7-2-1-6-15(16)17(19)11-20-14-9-8-12-4-3-5-13(12)10-14/h1-2,6-10,17,19H,3-5,11,18H2. The van der Waals surface area contributed by atoms with Gasteiger partial charge in [-0.05, 0) is 48.6 Å². The Labute approximate surface area is 124 Å². The van der Waals surface area contributed by atoms with Gasteiger partial charge < -0.3 is 10.8 Å². The molecule has 1 atom stereocenters. The summed E-state index contributed by atoms with van der Waals surface area (Å²) in [6.45, 7) is 0. The molecule has 0 fully saturated rings. The summed E-state index contributed by atoms with van der Waals surface area (Å²) in [7, 11) is 0. The molecule has 0 aromatic heterocycles. The van der Waals surface area contributed by atoms with E-state index in [0.29, 0.717) is 11.4 Å². The summed E-state index contributed by atoms with van der Waals surface area (Å²) in [6, 6.07) is 14.2. The van der Waals surface area contributed by atoms with Crippen LogP contribution in [0.15, 0.2) is 47.4 Å². The maximum Gasteiger partial charge on any atom is 0.0903 e. The maximum atomic E-state index is 10.3. The number of aryl methyl sites for hydroxylation is 2. The molecule has 1 aliphatic carbocycles. The van der Waals surface area contributed by atoms with E-state index in [4.69, 9.17) is 5.73 Å². The Bertz CT molecular complexity index is 612. The second kappa shape index (κ2) is 5.90. The molecule has 1 aliphatic rings. The van der Waals surface area contributed by atoms with E-state index >= 15 is 0 Å². The van der Waals surface area contributed by atoms with Crippen LogP contribution in [0.1, 0.15) is 29.2 Å². The van der Waals surface area contributed by atoms with Gasteiger partial charge in [0, 0.05) is 21.9 Å². The molecule has 3 rings (SSSR count). The molecule has 0 radical (unpaired) electrons. The van der Waals surface area contributed by atoms with E-state index in [0.717, 1.165) is 5.56 Å². The first-order valence-electron chi connectivity index (χ1n) is 7.01. The number of thioether (sulfide) groups is 1. The van der Waals surface area contributed by atoms with Gasteiger partial charge in [0.1, 0.15) is 0 Å². The van der Waals surface area contributed by atoms with E-state index in [1.807, 2.05) is 24.3 Å². The van der Waals surface area contributed by atoms with Crippen LogP contribution in [-0.4, -0.2) is 10.9 Å². The van der Waals surface area contributed by atoms with Crippen LogP contribution in [0.4, 0.5) is 5.69 Å². The highest BCUT2D eigenvalue weighted by molar-refractivity contribution is 7.99. The van der Waals surface area contributed by atoms with Gasteiger partial charge in [0.2, 0.25) is 0 Å². The molecule has 0 heterocycles. The number of hydrogen-bond acceptors (Lipinski definition) is 3. The van der Waals surface area contributed by atoms with Gasteiger partial charge in [-0.2, -0.15) is 0 Å². The average molecular weight is 285 g/mol. The van der Waals surface area contributed by atoms with E-state index in [9.17, 15) is 5.11 Å². The zero-order chi connectivity index (χ0) is 13.9. The highest BCUT2D eigenvalue weighted by Gasteiger charge is 2.13. The van der Waals surface area contributed by atoms with E-state index in [1.165, 1.54) is 35.3 Å². The van der Waals surface area contributed by atoms with Crippen molar-refractivity contribution in [2.24, 2.45) is 0 Å². The Morgan fingerprint density at radius 1 is 1.10 bits per heavy atom. The summed E-state index contributed by atoms with van der Waals surface area (Å²) < 4.78 is 0. The van der Waals surface area contributed by atoms with Crippen LogP contribution >= 0.6 is 11.8 Å². The smallest absolute Gasteiger partial charge is 0.0903 e. The molecule has 3 N–H and O–H groups in total. The van der Waals surface area contributed by atoms with Crippen LogP contribution in [0.25, 0.3) is 0 Å². The van der Waals surface area contributed by atoms with Crippen molar-refractivity contribution < 1.29 is 5.11 Å². The van der Waals surface area contributed by atoms with Crippen molar-refractivity contribution >= 4 is 17.4 Å². The molecule has 104 valence electrons. The molecule has 2 aromatic carbocycles. The van der Waals surface area contributed by atoms with Gasteiger partial charge in [0.15, 0.2) is 0 Å². The number of benzene rings is 2. The molecule has 0 saturated heterocycles. The average Bonchev–Trinajstić information content (AvgIpc) is 2.92. The normalized spacial score (nSPS) is 15.1. The molecule has 2 nitrogen and oxygen atoms in total. The first-order chi connectivity index (χ1) is 9.74. The van der Waals surface area contributed by atoms with Crippen LogP contribution in [0.2, 0.25) is 0 Å². The van der Waals surface area contributed by atoms with Crippen molar-refractivity contribution in [1.29, 1.82) is 0 Å². The van der Waals surface area contributed by atoms with Gasteiger partial charge in [-0.3, -0.25) is 0 Å². The lowest BCUT2D eigenvalue weighted by atomic mass is 10.1. The third-order valence-electron chi connectivity index (χ3n) is 3.83. The molecule has 0 bridgehead atoms. The first kappa shape index (κ1) is 13.5. The molecule has 2 aromatic rings. The Kier molecular flexibility index (Phi) is 3.99. The first-order valence-corrected chi connectivity index (χ1v) is 7.99. The van der Waals surface area contributed by atoms with Crippen LogP contribution in [0.5, 0.6) is 0 Å². The van der Waals surface area contributed by atoms with E-state index in [2.05, 4.69) is 18.2 Å². The van der Waals surface area contributed by atoms with Crippen LogP contribution in [-0.2, 0) is 12.8 Å². The van der Waals surface area contributed by atoms with E-state index in [-0.39, 0.29) is 0 Å². The predicted molar refractivity (Wildman–Crippen MR) is 85.0 cm³/mol. The molecule has 0 spiro atoms. The van der Waals surface area contributed by atoms with Crippen molar-refractivity contribution in [1.82, 2.24) is 0 Å². The molecule has 0 saturated carbocycles. The summed E-state index contributed by atoms with van der Waals surface area (Å²) in [4.78, 5) is 1.24. The van der Waals surface area contributed by atoms with E-state index in [1.54, 1.807) is 11.8 Å². The topological polar surface area (TPSA) is 46.2 Å². The third-order valence-corrected chi connectivity index (χ3v) is 4.90. The number of hydrogen-bond donors (Lipinski definition) is 2. The third kappa shape index (κ3) is 2.84. The molecule has 0 aliphatic heterocycles. The minimum atomic E-state index is -0.519. The fourth-order valence-electron chi connectivity index (χ4n) is 2.72. The Morgan fingerprint density at radius 3 is 2.75 bits per heavy atom. The number of nitrogens with two attached hydrogens (primary N) is 1. The molecular formula is C17H19NOS. The van der Waals surface area contributed by atoms with Gasteiger partial charge >= 0.3 is 0 Å². The summed E-state index contributed by atoms with van der Waals surface area (Å²) in [5.41, 5.74) is 10.3. The highest BCUT2D eigenvalue weighted by Crippen LogP contribution is 2.31. The lowest BCUT2D eigenvalue weighted by molar-refractivity contribution is 0.205. The van der Waals surface area contributed by atoms with Gasteiger partial charge in [-0.25, -0.2) is 0 Å². The van der Waals surface area contributed by atoms with Crippen LogP contribution in [0, 0.1) is 0 Å². The minimum Gasteiger partial charge on any atom is -0.398 e. The number of anilines is 1. The number of rotatable bonds is 4. The minimum absolute atomic E-state index is 0.519. The molecule has 3 heteroatoms. The molecule has 20 heavy (non-hydrogen) atoms. The summed E-state index contributed by atoms with van der Waals surface area (Å²) in [5.74, 6) is 0.632. The van der Waals surface area contributed by atoms with Gasteiger partial charge in [-0.1, -0.05) is 24.3 Å². The zero-order valence-electron chi connectivity index (χ0n) is 11.4. The number of aliphatic hydroxyl groups excluding tert-OH is 1. The van der Waals surface area contributed by atoms with Crippen LogP contribution < -0.4 is 5.73 Å². The predicted octanol–water partition coefficient (Wildman–Crippen LogP) is 3.58. The molecular weight excluding hydrogens is 266 g/mol. The zero-order valence-corrected chi connectivity index (χ0v) is 12.2. The molecule has 1 unspecified atom stereocenters. The largest absolute Gasteiger partial charge is 0.398 e. The Balaban J connectivity index is 1.66. The molecule has 0 amide bonds. The monoisotopic (exact) mass is 285 g/mol. The fourth-order valence-corrected chi connectivity index (χ4v) is 3.64. The highest BCUT2D eigenvalue weighted by atomic mass is 32.2. The number of fused-ring (bicyclic) bond motifs is 1. The van der Waals surface area contributed by atoms with Crippen molar-refractivity contribution in [2.45, 2.75) is 30.3 Å². The Hall–Kier alpha value is -1.45. The lowest BCUT2D eigenvalue weighted by Crippen LogP contribution is -2.04. The SMILES string of the molecule is Nc1ccccc1C(O)CSc1ccc2c(c1)CCC2.